The summed E-state index contributed by atoms with van der Waals surface area (Å²) >= 11 is 9.23. The van der Waals surface area contributed by atoms with Crippen molar-refractivity contribution in [2.75, 3.05) is 5.32 Å². The molecule has 0 fully saturated rings. The summed E-state index contributed by atoms with van der Waals surface area (Å²) in [4.78, 5) is 22.4. The van der Waals surface area contributed by atoms with Crippen molar-refractivity contribution in [2.45, 2.75) is 13.5 Å². The van der Waals surface area contributed by atoms with Gasteiger partial charge < -0.3 is 5.32 Å². The first-order valence-electron chi connectivity index (χ1n) is 6.29. The number of rotatable bonds is 5. The largest absolute Gasteiger partial charge is 0.324 e. The third-order valence-corrected chi connectivity index (χ3v) is 3.67. The van der Waals surface area contributed by atoms with Gasteiger partial charge in [0.1, 0.15) is 0 Å². The van der Waals surface area contributed by atoms with Crippen molar-refractivity contribution >= 4 is 44.8 Å². The van der Waals surface area contributed by atoms with Crippen LogP contribution < -0.4 is 5.32 Å². The number of nitrogens with zero attached hydrogens (tertiary/aromatic N) is 3. The van der Waals surface area contributed by atoms with Gasteiger partial charge in [-0.05, 0) is 22.0 Å². The maximum atomic E-state index is 12.2. The molecule has 0 aliphatic rings. The minimum Gasteiger partial charge on any atom is -0.324 e. The third-order valence-electron chi connectivity index (χ3n) is 2.93. The Morgan fingerprint density at radius 2 is 2.32 bits per heavy atom. The van der Waals surface area contributed by atoms with Gasteiger partial charge in [-0.25, -0.2) is 0 Å². The molecule has 0 aliphatic carbocycles. The van der Waals surface area contributed by atoms with Crippen LogP contribution in [0, 0.1) is 16.0 Å². The van der Waals surface area contributed by atoms with Crippen molar-refractivity contribution in [2.24, 2.45) is 5.92 Å². The molecule has 0 saturated heterocycles. The van der Waals surface area contributed by atoms with Crippen molar-refractivity contribution in [1.82, 2.24) is 9.78 Å². The molecule has 7 nitrogen and oxygen atoms in total. The molecule has 1 amide bonds. The van der Waals surface area contributed by atoms with Gasteiger partial charge in [-0.3, -0.25) is 19.6 Å². The van der Waals surface area contributed by atoms with E-state index < -0.39 is 4.92 Å². The number of amides is 1. The third kappa shape index (κ3) is 4.05. The van der Waals surface area contributed by atoms with E-state index in [1.807, 2.05) is 0 Å². The maximum absolute atomic E-state index is 12.2. The molecule has 0 bridgehead atoms. The fourth-order valence-electron chi connectivity index (χ4n) is 1.78. The Morgan fingerprint density at radius 1 is 1.59 bits per heavy atom. The first kappa shape index (κ1) is 16.4. The van der Waals surface area contributed by atoms with Crippen molar-refractivity contribution in [3.63, 3.8) is 0 Å². The van der Waals surface area contributed by atoms with E-state index in [4.69, 9.17) is 11.6 Å². The van der Waals surface area contributed by atoms with Crippen molar-refractivity contribution in [3.05, 3.63) is 50.2 Å². The van der Waals surface area contributed by atoms with Crippen molar-refractivity contribution < 1.29 is 9.72 Å². The summed E-state index contributed by atoms with van der Waals surface area (Å²) in [7, 11) is 0. The second-order valence-corrected chi connectivity index (χ2v) is 6.02. The number of hydrogen-bond donors (Lipinski definition) is 1. The Bertz CT molecular complexity index is 719. The standard InChI is InChI=1S/C13H12BrClN4O3/c1-8(6-18-7-9(14)5-16-18)13(20)17-12-4-10(19(21)22)2-3-11(12)15/h2-5,7-8H,6H2,1H3,(H,17,20). The molecule has 1 N–H and O–H groups in total. The minimum absolute atomic E-state index is 0.136. The molecule has 1 atom stereocenters. The highest BCUT2D eigenvalue weighted by Gasteiger charge is 2.17. The molecule has 0 aliphatic heterocycles. The first-order chi connectivity index (χ1) is 10.4. The fraction of sp³-hybridized carbons (Fsp3) is 0.231. The smallest absolute Gasteiger partial charge is 0.271 e. The summed E-state index contributed by atoms with van der Waals surface area (Å²) in [6, 6.07) is 3.89. The predicted molar refractivity (Wildman–Crippen MR) is 85.8 cm³/mol. The number of nitrogens with one attached hydrogen (secondary N) is 1. The van der Waals surface area contributed by atoms with Gasteiger partial charge >= 0.3 is 0 Å². The fourth-order valence-corrected chi connectivity index (χ4v) is 2.27. The lowest BCUT2D eigenvalue weighted by Gasteiger charge is -2.13. The molecule has 0 saturated carbocycles. The molecule has 116 valence electrons. The van der Waals surface area contributed by atoms with Gasteiger partial charge in [0.25, 0.3) is 5.69 Å². The van der Waals surface area contributed by atoms with Crippen molar-refractivity contribution in [1.29, 1.82) is 0 Å². The number of nitro benzene ring substituents is 1. The molecule has 2 rings (SSSR count). The van der Waals surface area contributed by atoms with Gasteiger partial charge in [0.15, 0.2) is 0 Å². The summed E-state index contributed by atoms with van der Waals surface area (Å²) in [5.41, 5.74) is 0.0812. The van der Waals surface area contributed by atoms with E-state index in [2.05, 4.69) is 26.3 Å². The van der Waals surface area contributed by atoms with Crippen molar-refractivity contribution in [3.8, 4) is 0 Å². The number of non-ortho nitro benzene ring substituents is 1. The van der Waals surface area contributed by atoms with Crippen LogP contribution in [0.2, 0.25) is 5.02 Å². The van der Waals surface area contributed by atoms with Crippen LogP contribution in [-0.4, -0.2) is 20.6 Å². The van der Waals surface area contributed by atoms with E-state index in [0.29, 0.717) is 6.54 Å². The van der Waals surface area contributed by atoms with Gasteiger partial charge in [0.05, 0.1) is 38.8 Å². The normalized spacial score (nSPS) is 12.0. The van der Waals surface area contributed by atoms with Gasteiger partial charge in [-0.15, -0.1) is 0 Å². The maximum Gasteiger partial charge on any atom is 0.271 e. The Hall–Kier alpha value is -1.93. The van der Waals surface area contributed by atoms with Crippen LogP contribution in [0.3, 0.4) is 0 Å². The monoisotopic (exact) mass is 386 g/mol. The first-order valence-corrected chi connectivity index (χ1v) is 7.46. The second kappa shape index (κ2) is 6.89. The summed E-state index contributed by atoms with van der Waals surface area (Å²) in [6.07, 6.45) is 3.38. The summed E-state index contributed by atoms with van der Waals surface area (Å²) < 4.78 is 2.45. The average Bonchev–Trinajstić information content (AvgIpc) is 2.86. The van der Waals surface area contributed by atoms with Crippen LogP contribution in [0.4, 0.5) is 11.4 Å². The molecule has 0 spiro atoms. The van der Waals surface area contributed by atoms with E-state index in [1.54, 1.807) is 24.0 Å². The summed E-state index contributed by atoms with van der Waals surface area (Å²) in [6.45, 7) is 2.11. The Balaban J connectivity index is 2.07. The number of aromatic nitrogens is 2. The second-order valence-electron chi connectivity index (χ2n) is 4.69. The molecule has 22 heavy (non-hydrogen) atoms. The van der Waals surface area contributed by atoms with Gasteiger partial charge in [0.2, 0.25) is 5.91 Å². The highest BCUT2D eigenvalue weighted by molar-refractivity contribution is 9.10. The lowest BCUT2D eigenvalue weighted by molar-refractivity contribution is -0.384. The van der Waals surface area contributed by atoms with Crippen LogP contribution in [0.1, 0.15) is 6.92 Å². The molecule has 0 radical (unpaired) electrons. The molecular weight excluding hydrogens is 376 g/mol. The highest BCUT2D eigenvalue weighted by Crippen LogP contribution is 2.27. The molecule has 9 heteroatoms. The predicted octanol–water partition coefficient (Wildman–Crippen LogP) is 3.48. The quantitative estimate of drug-likeness (QED) is 0.628. The van der Waals surface area contributed by atoms with Crippen LogP contribution >= 0.6 is 27.5 Å². The lowest BCUT2D eigenvalue weighted by Crippen LogP contribution is -2.24. The summed E-state index contributed by atoms with van der Waals surface area (Å²) in [5.74, 6) is -0.684. The average molecular weight is 388 g/mol. The number of anilines is 1. The van der Waals surface area contributed by atoms with Gasteiger partial charge in [0, 0.05) is 18.3 Å². The molecular formula is C13H12BrClN4O3. The summed E-state index contributed by atoms with van der Waals surface area (Å²) in [5, 5.41) is 17.7. The Morgan fingerprint density at radius 3 is 2.91 bits per heavy atom. The highest BCUT2D eigenvalue weighted by atomic mass is 79.9. The SMILES string of the molecule is CC(Cn1cc(Br)cn1)C(=O)Nc1cc([N+](=O)[O-])ccc1Cl. The van der Waals surface area contributed by atoms with E-state index in [1.165, 1.54) is 18.2 Å². The molecule has 1 heterocycles. The zero-order chi connectivity index (χ0) is 16.3. The van der Waals surface area contributed by atoms with E-state index in [9.17, 15) is 14.9 Å². The van der Waals surface area contributed by atoms with E-state index >= 15 is 0 Å². The zero-order valence-corrected chi connectivity index (χ0v) is 13.8. The molecule has 1 aromatic heterocycles. The van der Waals surface area contributed by atoms with E-state index in [0.717, 1.165) is 4.47 Å². The minimum atomic E-state index is -0.545. The van der Waals surface area contributed by atoms with Crippen LogP contribution in [-0.2, 0) is 11.3 Å². The Labute approximate surface area is 139 Å². The topological polar surface area (TPSA) is 90.1 Å². The van der Waals surface area contributed by atoms with E-state index in [-0.39, 0.29) is 28.2 Å². The van der Waals surface area contributed by atoms with Gasteiger partial charge in [-0.2, -0.15) is 5.10 Å². The zero-order valence-electron chi connectivity index (χ0n) is 11.5. The lowest BCUT2D eigenvalue weighted by atomic mass is 10.1. The Kier molecular flexibility index (Phi) is 5.15. The number of carbonyl (C=O) groups excluding carboxylic acids is 1. The number of benzene rings is 1. The van der Waals surface area contributed by atoms with Crippen LogP contribution in [0.25, 0.3) is 0 Å². The molecule has 1 unspecified atom stereocenters. The molecule has 2 aromatic rings. The van der Waals surface area contributed by atoms with Crippen LogP contribution in [0.5, 0.6) is 0 Å². The van der Waals surface area contributed by atoms with Crippen LogP contribution in [0.15, 0.2) is 35.1 Å². The number of halogens is 2. The van der Waals surface area contributed by atoms with Gasteiger partial charge in [-0.1, -0.05) is 18.5 Å². The molecule has 1 aromatic carbocycles. The number of hydrogen-bond acceptors (Lipinski definition) is 4. The number of carbonyl (C=O) groups is 1. The number of nitro groups is 1.